The van der Waals surface area contributed by atoms with Crippen molar-refractivity contribution in [3.05, 3.63) is 53.9 Å². The van der Waals surface area contributed by atoms with Gasteiger partial charge in [-0.3, -0.25) is 9.69 Å². The van der Waals surface area contributed by atoms with Crippen LogP contribution in [-0.2, 0) is 17.9 Å². The summed E-state index contributed by atoms with van der Waals surface area (Å²) in [5.41, 5.74) is 2.13. The van der Waals surface area contributed by atoms with Gasteiger partial charge < -0.3 is 9.42 Å². The van der Waals surface area contributed by atoms with Gasteiger partial charge in [0.15, 0.2) is 0 Å². The quantitative estimate of drug-likeness (QED) is 0.851. The van der Waals surface area contributed by atoms with E-state index in [0.717, 1.165) is 38.2 Å². The molecule has 1 aliphatic heterocycles. The van der Waals surface area contributed by atoms with Crippen LogP contribution in [0.3, 0.4) is 0 Å². The van der Waals surface area contributed by atoms with Crippen molar-refractivity contribution in [3.8, 4) is 0 Å². The molecule has 5 nitrogen and oxygen atoms in total. The van der Waals surface area contributed by atoms with Crippen LogP contribution in [0.5, 0.6) is 0 Å². The first kappa shape index (κ1) is 15.7. The van der Waals surface area contributed by atoms with Crippen LogP contribution >= 0.6 is 0 Å². The van der Waals surface area contributed by atoms with Crippen LogP contribution in [-0.4, -0.2) is 41.0 Å². The second-order valence-corrected chi connectivity index (χ2v) is 6.22. The molecule has 0 atom stereocenters. The lowest BCUT2D eigenvalue weighted by Gasteiger charge is -2.33. The summed E-state index contributed by atoms with van der Waals surface area (Å²) in [7, 11) is 1.84. The highest BCUT2D eigenvalue weighted by Gasteiger charge is 2.27. The first-order valence-electron chi connectivity index (χ1n) is 8.13. The third-order valence-corrected chi connectivity index (χ3v) is 4.45. The Balaban J connectivity index is 1.47. The largest absolute Gasteiger partial charge is 0.364 e. The third kappa shape index (κ3) is 4.20. The number of carbonyl (C=O) groups excluding carboxylic acids is 1. The Bertz CT molecular complexity index is 604. The highest BCUT2D eigenvalue weighted by Crippen LogP contribution is 2.21. The predicted octanol–water partition coefficient (Wildman–Crippen LogP) is 2.55. The average molecular weight is 313 g/mol. The molecule has 23 heavy (non-hydrogen) atoms. The predicted molar refractivity (Wildman–Crippen MR) is 87.4 cm³/mol. The van der Waals surface area contributed by atoms with Crippen LogP contribution in [0.2, 0.25) is 0 Å². The Morgan fingerprint density at radius 2 is 2.00 bits per heavy atom. The molecule has 0 unspecified atom stereocenters. The highest BCUT2D eigenvalue weighted by atomic mass is 16.5. The molecule has 2 aromatic rings. The van der Waals surface area contributed by atoms with Gasteiger partial charge in [0.05, 0.1) is 6.54 Å². The van der Waals surface area contributed by atoms with E-state index >= 15 is 0 Å². The van der Waals surface area contributed by atoms with Gasteiger partial charge in [-0.05, 0) is 31.5 Å². The maximum atomic E-state index is 12.5. The molecule has 1 aliphatic rings. The summed E-state index contributed by atoms with van der Waals surface area (Å²) in [6, 6.07) is 12.3. The van der Waals surface area contributed by atoms with Gasteiger partial charge in [-0.15, -0.1) is 0 Å². The molecule has 1 aromatic carbocycles. The van der Waals surface area contributed by atoms with Crippen molar-refractivity contribution in [3.63, 3.8) is 0 Å². The Morgan fingerprint density at radius 3 is 2.65 bits per heavy atom. The zero-order valence-electron chi connectivity index (χ0n) is 13.5. The minimum absolute atomic E-state index is 0.124. The van der Waals surface area contributed by atoms with Crippen LogP contribution in [0.25, 0.3) is 0 Å². The summed E-state index contributed by atoms with van der Waals surface area (Å²) in [6.45, 7) is 3.43. The average Bonchev–Trinajstić information content (AvgIpc) is 3.09. The summed E-state index contributed by atoms with van der Waals surface area (Å²) < 4.78 is 4.82. The summed E-state index contributed by atoms with van der Waals surface area (Å²) >= 11 is 0. The van der Waals surface area contributed by atoms with Gasteiger partial charge in [0, 0.05) is 25.6 Å². The minimum atomic E-state index is 0.124. The van der Waals surface area contributed by atoms with Crippen LogP contribution in [0.15, 0.2) is 47.2 Å². The van der Waals surface area contributed by atoms with Crippen molar-refractivity contribution in [1.29, 1.82) is 0 Å². The number of likely N-dealkylation sites (tertiary alicyclic amines) is 1. The molecule has 0 aliphatic carbocycles. The molecule has 3 rings (SSSR count). The van der Waals surface area contributed by atoms with Crippen molar-refractivity contribution in [2.45, 2.75) is 25.9 Å². The summed E-state index contributed by atoms with van der Waals surface area (Å²) in [5, 5.41) is 3.87. The molecule has 2 heterocycles. The van der Waals surface area contributed by atoms with Crippen LogP contribution in [0.1, 0.15) is 24.1 Å². The Morgan fingerprint density at radius 1 is 1.26 bits per heavy atom. The summed E-state index contributed by atoms with van der Waals surface area (Å²) in [4.78, 5) is 16.7. The second-order valence-electron chi connectivity index (χ2n) is 6.22. The van der Waals surface area contributed by atoms with E-state index in [4.69, 9.17) is 4.52 Å². The minimum Gasteiger partial charge on any atom is -0.364 e. The van der Waals surface area contributed by atoms with Gasteiger partial charge in [0.25, 0.3) is 0 Å². The number of benzene rings is 1. The summed E-state index contributed by atoms with van der Waals surface area (Å²) in [5.74, 6) is 0.339. The molecule has 0 radical (unpaired) electrons. The monoisotopic (exact) mass is 313 g/mol. The lowest BCUT2D eigenvalue weighted by molar-refractivity contribution is -0.136. The van der Waals surface area contributed by atoms with E-state index in [1.54, 1.807) is 11.0 Å². The highest BCUT2D eigenvalue weighted by molar-refractivity contribution is 5.78. The van der Waals surface area contributed by atoms with Crippen LogP contribution < -0.4 is 0 Å². The van der Waals surface area contributed by atoms with E-state index in [0.29, 0.717) is 6.54 Å². The van der Waals surface area contributed by atoms with Crippen molar-refractivity contribution < 1.29 is 9.32 Å². The molecule has 0 N–H and O–H groups in total. The van der Waals surface area contributed by atoms with E-state index in [9.17, 15) is 4.79 Å². The molecule has 122 valence electrons. The molecular formula is C18H23N3O2. The number of piperidine rings is 1. The number of aromatic nitrogens is 1. The van der Waals surface area contributed by atoms with E-state index in [-0.39, 0.29) is 11.8 Å². The normalized spacial score (nSPS) is 16.4. The van der Waals surface area contributed by atoms with Gasteiger partial charge in [0.1, 0.15) is 12.0 Å². The fraction of sp³-hybridized carbons (Fsp3) is 0.444. The fourth-order valence-electron chi connectivity index (χ4n) is 3.13. The standard InChI is InChI=1S/C18H23N3O2/c1-20(14-17-9-12-23-19-17)18(22)16-7-10-21(11-8-16)13-15-5-3-2-4-6-15/h2-6,9,12,16H,7-8,10-11,13-14H2,1H3. The number of rotatable bonds is 5. The number of amides is 1. The van der Waals surface area contributed by atoms with E-state index in [2.05, 4.69) is 34.3 Å². The molecule has 0 saturated carbocycles. The molecule has 1 saturated heterocycles. The zero-order valence-corrected chi connectivity index (χ0v) is 13.5. The Labute approximate surface area is 136 Å². The van der Waals surface area contributed by atoms with Crippen LogP contribution in [0.4, 0.5) is 0 Å². The van der Waals surface area contributed by atoms with Gasteiger partial charge in [-0.1, -0.05) is 35.5 Å². The van der Waals surface area contributed by atoms with Crippen LogP contribution in [0, 0.1) is 5.92 Å². The molecule has 0 spiro atoms. The number of hydrogen-bond donors (Lipinski definition) is 0. The fourth-order valence-corrected chi connectivity index (χ4v) is 3.13. The third-order valence-electron chi connectivity index (χ3n) is 4.45. The van der Waals surface area contributed by atoms with Crippen molar-refractivity contribution in [2.24, 2.45) is 5.92 Å². The Kier molecular flexibility index (Phi) is 5.08. The molecule has 1 fully saturated rings. The zero-order chi connectivity index (χ0) is 16.1. The SMILES string of the molecule is CN(Cc1ccon1)C(=O)C1CCN(Cc2ccccc2)CC1. The maximum Gasteiger partial charge on any atom is 0.225 e. The smallest absolute Gasteiger partial charge is 0.225 e. The molecule has 5 heteroatoms. The van der Waals surface area contributed by atoms with Gasteiger partial charge in [-0.2, -0.15) is 0 Å². The summed E-state index contributed by atoms with van der Waals surface area (Å²) in [6.07, 6.45) is 3.39. The molecule has 1 aromatic heterocycles. The van der Waals surface area contributed by atoms with E-state index < -0.39 is 0 Å². The van der Waals surface area contributed by atoms with Gasteiger partial charge in [0.2, 0.25) is 5.91 Å². The van der Waals surface area contributed by atoms with Gasteiger partial charge in [-0.25, -0.2) is 0 Å². The lowest BCUT2D eigenvalue weighted by atomic mass is 9.95. The molecule has 1 amide bonds. The van der Waals surface area contributed by atoms with Gasteiger partial charge >= 0.3 is 0 Å². The molecular weight excluding hydrogens is 290 g/mol. The molecule has 0 bridgehead atoms. The first-order valence-corrected chi connectivity index (χ1v) is 8.13. The number of carbonyl (C=O) groups is 1. The topological polar surface area (TPSA) is 49.6 Å². The van der Waals surface area contributed by atoms with Crippen molar-refractivity contribution in [1.82, 2.24) is 15.0 Å². The number of nitrogens with zero attached hydrogens (tertiary/aromatic N) is 3. The first-order chi connectivity index (χ1) is 11.2. The number of hydrogen-bond acceptors (Lipinski definition) is 4. The maximum absolute atomic E-state index is 12.5. The lowest BCUT2D eigenvalue weighted by Crippen LogP contribution is -2.40. The van der Waals surface area contributed by atoms with Crippen molar-refractivity contribution >= 4 is 5.91 Å². The van der Waals surface area contributed by atoms with E-state index in [1.165, 1.54) is 11.8 Å². The second kappa shape index (κ2) is 7.42. The van der Waals surface area contributed by atoms with E-state index in [1.807, 2.05) is 13.1 Å². The van der Waals surface area contributed by atoms with Crippen molar-refractivity contribution in [2.75, 3.05) is 20.1 Å². The Hall–Kier alpha value is -2.14.